The van der Waals surface area contributed by atoms with Crippen molar-refractivity contribution in [2.45, 2.75) is 39.8 Å². The zero-order chi connectivity index (χ0) is 16.8. The molecule has 2 aromatic rings. The first-order valence-corrected chi connectivity index (χ1v) is 8.43. The molecule has 0 bridgehead atoms. The molecule has 0 radical (unpaired) electrons. The summed E-state index contributed by atoms with van der Waals surface area (Å²) in [7, 11) is 0. The lowest BCUT2D eigenvalue weighted by atomic mass is 10.2. The van der Waals surface area contributed by atoms with Crippen molar-refractivity contribution in [3.63, 3.8) is 0 Å². The van der Waals surface area contributed by atoms with E-state index in [9.17, 15) is 9.59 Å². The standard InChI is InChI=1S/C16H22N4O2S/c1-11-15(23-13(3)18-11)12(2)19-16(22)17-8-6-10-20-9-5-4-7-14(20)21/h4-5,7,9,12H,6,8,10H2,1-3H3,(H2,17,19,22)/t12-/m1/s1. The molecule has 2 amide bonds. The molecule has 2 rings (SSSR count). The quantitative estimate of drug-likeness (QED) is 0.796. The average molecular weight is 334 g/mol. The van der Waals surface area contributed by atoms with E-state index < -0.39 is 0 Å². The Balaban J connectivity index is 1.74. The monoisotopic (exact) mass is 334 g/mol. The second-order valence-electron chi connectivity index (χ2n) is 5.39. The third kappa shape index (κ3) is 4.92. The molecule has 6 nitrogen and oxygen atoms in total. The lowest BCUT2D eigenvalue weighted by Crippen LogP contribution is -2.37. The fourth-order valence-corrected chi connectivity index (χ4v) is 3.29. The van der Waals surface area contributed by atoms with Crippen molar-refractivity contribution in [2.75, 3.05) is 6.54 Å². The Morgan fingerprint density at radius 2 is 2.17 bits per heavy atom. The Morgan fingerprint density at radius 3 is 2.83 bits per heavy atom. The molecular formula is C16H22N4O2S. The Morgan fingerprint density at radius 1 is 1.39 bits per heavy atom. The van der Waals surface area contributed by atoms with Gasteiger partial charge in [0.05, 0.1) is 16.7 Å². The molecule has 0 saturated heterocycles. The molecule has 0 saturated carbocycles. The number of carbonyl (C=O) groups is 1. The molecule has 124 valence electrons. The summed E-state index contributed by atoms with van der Waals surface area (Å²) in [6.07, 6.45) is 2.45. The SMILES string of the molecule is Cc1nc(C)c([C@@H](C)NC(=O)NCCCn2ccccc2=O)s1. The van der Waals surface area contributed by atoms with Crippen LogP contribution in [0, 0.1) is 13.8 Å². The molecule has 0 fully saturated rings. The van der Waals surface area contributed by atoms with Gasteiger partial charge >= 0.3 is 6.03 Å². The molecule has 0 aliphatic heterocycles. The molecule has 0 aliphatic rings. The van der Waals surface area contributed by atoms with E-state index in [1.54, 1.807) is 28.2 Å². The van der Waals surface area contributed by atoms with Crippen LogP contribution in [-0.4, -0.2) is 22.1 Å². The third-order valence-corrected chi connectivity index (χ3v) is 4.70. The number of amides is 2. The van der Waals surface area contributed by atoms with Crippen LogP contribution < -0.4 is 16.2 Å². The molecule has 2 heterocycles. The number of hydrogen-bond acceptors (Lipinski definition) is 4. The topological polar surface area (TPSA) is 76.0 Å². The van der Waals surface area contributed by atoms with Gasteiger partial charge in [0.25, 0.3) is 0 Å². The number of pyridine rings is 1. The maximum atomic E-state index is 11.9. The van der Waals surface area contributed by atoms with Crippen molar-refractivity contribution in [1.82, 2.24) is 20.2 Å². The largest absolute Gasteiger partial charge is 0.338 e. The van der Waals surface area contributed by atoms with Crippen LogP contribution in [-0.2, 0) is 6.54 Å². The summed E-state index contributed by atoms with van der Waals surface area (Å²) in [6, 6.07) is 4.79. The zero-order valence-corrected chi connectivity index (χ0v) is 14.4. The molecule has 0 aromatic carbocycles. The Labute approximate surface area is 139 Å². The normalized spacial score (nSPS) is 12.0. The summed E-state index contributed by atoms with van der Waals surface area (Å²) in [5.41, 5.74) is 0.936. The van der Waals surface area contributed by atoms with Gasteiger partial charge in [-0.05, 0) is 33.3 Å². The fourth-order valence-electron chi connectivity index (χ4n) is 2.36. The number of hydrogen-bond donors (Lipinski definition) is 2. The molecule has 2 aromatic heterocycles. The van der Waals surface area contributed by atoms with Crippen LogP contribution in [0.25, 0.3) is 0 Å². The highest BCUT2D eigenvalue weighted by molar-refractivity contribution is 7.11. The first-order chi connectivity index (χ1) is 11.0. The summed E-state index contributed by atoms with van der Waals surface area (Å²) in [6.45, 7) is 6.96. The summed E-state index contributed by atoms with van der Waals surface area (Å²) < 4.78 is 1.63. The molecular weight excluding hydrogens is 312 g/mol. The molecule has 2 N–H and O–H groups in total. The number of nitrogens with one attached hydrogen (secondary N) is 2. The van der Waals surface area contributed by atoms with E-state index in [1.165, 1.54) is 6.07 Å². The van der Waals surface area contributed by atoms with Crippen molar-refractivity contribution in [1.29, 1.82) is 0 Å². The Bertz CT molecular complexity index is 723. The van der Waals surface area contributed by atoms with E-state index >= 15 is 0 Å². The van der Waals surface area contributed by atoms with Crippen molar-refractivity contribution < 1.29 is 4.79 Å². The molecule has 7 heteroatoms. The van der Waals surface area contributed by atoms with Crippen LogP contribution in [0.2, 0.25) is 0 Å². The van der Waals surface area contributed by atoms with Gasteiger partial charge in [0.2, 0.25) is 5.56 Å². The highest BCUT2D eigenvalue weighted by atomic mass is 32.1. The molecule has 0 unspecified atom stereocenters. The minimum Gasteiger partial charge on any atom is -0.338 e. The predicted octanol–water partition coefficient (Wildman–Crippen LogP) is 2.37. The number of carbonyl (C=O) groups excluding carboxylic acids is 1. The van der Waals surface area contributed by atoms with Crippen molar-refractivity contribution in [3.05, 3.63) is 50.3 Å². The second-order valence-corrected chi connectivity index (χ2v) is 6.63. The molecule has 0 aliphatic carbocycles. The van der Waals surface area contributed by atoms with Crippen LogP contribution in [0.5, 0.6) is 0 Å². The van der Waals surface area contributed by atoms with E-state index in [0.29, 0.717) is 19.5 Å². The van der Waals surface area contributed by atoms with E-state index in [4.69, 9.17) is 0 Å². The van der Waals surface area contributed by atoms with Gasteiger partial charge < -0.3 is 15.2 Å². The van der Waals surface area contributed by atoms with Crippen LogP contribution in [0.4, 0.5) is 4.79 Å². The van der Waals surface area contributed by atoms with E-state index in [2.05, 4.69) is 15.6 Å². The smallest absolute Gasteiger partial charge is 0.315 e. The minimum atomic E-state index is -0.205. The highest BCUT2D eigenvalue weighted by Crippen LogP contribution is 2.24. The number of urea groups is 1. The van der Waals surface area contributed by atoms with Gasteiger partial charge in [0.1, 0.15) is 0 Å². The predicted molar refractivity (Wildman–Crippen MR) is 91.9 cm³/mol. The van der Waals surface area contributed by atoms with Gasteiger partial charge in [0, 0.05) is 30.2 Å². The number of rotatable bonds is 6. The van der Waals surface area contributed by atoms with Crippen molar-refractivity contribution in [2.24, 2.45) is 0 Å². The van der Waals surface area contributed by atoms with E-state index in [1.807, 2.05) is 26.8 Å². The van der Waals surface area contributed by atoms with Gasteiger partial charge in [-0.2, -0.15) is 0 Å². The molecule has 0 spiro atoms. The summed E-state index contributed by atoms with van der Waals surface area (Å²) >= 11 is 1.60. The lowest BCUT2D eigenvalue weighted by molar-refractivity contribution is 0.237. The van der Waals surface area contributed by atoms with E-state index in [-0.39, 0.29) is 17.6 Å². The number of nitrogens with zero attached hydrogens (tertiary/aromatic N) is 2. The lowest BCUT2D eigenvalue weighted by Gasteiger charge is -2.14. The van der Waals surface area contributed by atoms with Gasteiger partial charge in [-0.1, -0.05) is 6.07 Å². The van der Waals surface area contributed by atoms with Gasteiger partial charge in [-0.25, -0.2) is 9.78 Å². The first-order valence-electron chi connectivity index (χ1n) is 7.61. The van der Waals surface area contributed by atoms with E-state index in [0.717, 1.165) is 15.6 Å². The summed E-state index contributed by atoms with van der Waals surface area (Å²) in [4.78, 5) is 28.9. The van der Waals surface area contributed by atoms with Crippen LogP contribution in [0.1, 0.15) is 35.0 Å². The van der Waals surface area contributed by atoms with Crippen molar-refractivity contribution >= 4 is 17.4 Å². The summed E-state index contributed by atoms with van der Waals surface area (Å²) in [5.74, 6) is 0. The Hall–Kier alpha value is -2.15. The van der Waals surface area contributed by atoms with Crippen molar-refractivity contribution in [3.8, 4) is 0 Å². The summed E-state index contributed by atoms with van der Waals surface area (Å²) in [5, 5.41) is 6.73. The van der Waals surface area contributed by atoms with Crippen LogP contribution in [0.3, 0.4) is 0 Å². The second kappa shape index (κ2) is 7.92. The fraction of sp³-hybridized carbons (Fsp3) is 0.438. The number of aryl methyl sites for hydroxylation is 3. The first kappa shape index (κ1) is 17.2. The van der Waals surface area contributed by atoms with Gasteiger partial charge in [-0.15, -0.1) is 11.3 Å². The minimum absolute atomic E-state index is 0.0263. The Kier molecular flexibility index (Phi) is 5.92. The number of aromatic nitrogens is 2. The highest BCUT2D eigenvalue weighted by Gasteiger charge is 2.14. The maximum Gasteiger partial charge on any atom is 0.315 e. The van der Waals surface area contributed by atoms with Crippen LogP contribution in [0.15, 0.2) is 29.2 Å². The zero-order valence-electron chi connectivity index (χ0n) is 13.6. The van der Waals surface area contributed by atoms with Crippen LogP contribution >= 0.6 is 11.3 Å². The average Bonchev–Trinajstić information content (AvgIpc) is 2.84. The van der Waals surface area contributed by atoms with Gasteiger partial charge in [-0.3, -0.25) is 4.79 Å². The van der Waals surface area contributed by atoms with Gasteiger partial charge in [0.15, 0.2) is 0 Å². The maximum absolute atomic E-state index is 11.9. The molecule has 23 heavy (non-hydrogen) atoms. The number of thiazole rings is 1. The molecule has 1 atom stereocenters. The third-order valence-electron chi connectivity index (χ3n) is 3.44.